The summed E-state index contributed by atoms with van der Waals surface area (Å²) in [6, 6.07) is 40.4. The molecule has 2 nitrogen and oxygen atoms in total. The van der Waals surface area contributed by atoms with Gasteiger partial charge < -0.3 is 0 Å². The summed E-state index contributed by atoms with van der Waals surface area (Å²) in [7, 11) is 0. The lowest BCUT2D eigenvalue weighted by Gasteiger charge is -2.31. The van der Waals surface area contributed by atoms with Crippen LogP contribution in [0.3, 0.4) is 0 Å². The SMILES string of the molecule is Cc1ccc([C@]2(c3ccccc3)C=C(c3ccccc3)N=C2c2nccc3ccccc23)cc1. The number of rotatable bonds is 4. The standard InChI is InChI=1S/C32H24N2/c1-23-16-18-27(19-17-23)32(26-13-6-3-7-14-26)22-29(25-11-4-2-5-12-25)34-31(32)30-28-15-9-8-10-24(28)20-21-33-30/h2-22H,1H3/t32-/m1/s1. The molecule has 0 fully saturated rings. The van der Waals surface area contributed by atoms with E-state index in [4.69, 9.17) is 9.98 Å². The zero-order chi connectivity index (χ0) is 23.0. The molecule has 0 aliphatic carbocycles. The van der Waals surface area contributed by atoms with Gasteiger partial charge in [-0.05, 0) is 41.1 Å². The fourth-order valence-electron chi connectivity index (χ4n) is 4.94. The highest BCUT2D eigenvalue weighted by Crippen LogP contribution is 2.45. The first-order chi connectivity index (χ1) is 16.8. The Bertz CT molecular complexity index is 1530. The molecular formula is C32H24N2. The minimum Gasteiger partial charge on any atom is -0.254 e. The Balaban J connectivity index is 1.71. The predicted molar refractivity (Wildman–Crippen MR) is 141 cm³/mol. The molecule has 0 spiro atoms. The van der Waals surface area contributed by atoms with Crippen LogP contribution >= 0.6 is 0 Å². The summed E-state index contributed by atoms with van der Waals surface area (Å²) in [4.78, 5) is 10.2. The Hall–Kier alpha value is -4.30. The fraction of sp³-hybridized carbons (Fsp3) is 0.0625. The van der Waals surface area contributed by atoms with Crippen LogP contribution in [0.25, 0.3) is 16.5 Å². The molecule has 2 heterocycles. The quantitative estimate of drug-likeness (QED) is 0.289. The molecule has 1 aliphatic rings. The van der Waals surface area contributed by atoms with Crippen molar-refractivity contribution in [3.63, 3.8) is 0 Å². The van der Waals surface area contributed by atoms with Gasteiger partial charge in [-0.25, -0.2) is 4.99 Å². The molecule has 2 heteroatoms. The second-order valence-electron chi connectivity index (χ2n) is 8.78. The highest BCUT2D eigenvalue weighted by molar-refractivity contribution is 6.21. The zero-order valence-electron chi connectivity index (χ0n) is 19.0. The van der Waals surface area contributed by atoms with Crippen LogP contribution < -0.4 is 0 Å². The second kappa shape index (κ2) is 8.24. The fourth-order valence-corrected chi connectivity index (χ4v) is 4.94. The average molecular weight is 437 g/mol. The predicted octanol–water partition coefficient (Wildman–Crippen LogP) is 7.37. The van der Waals surface area contributed by atoms with Gasteiger partial charge in [-0.15, -0.1) is 0 Å². The Morgan fingerprint density at radius 3 is 2.03 bits per heavy atom. The molecule has 0 unspecified atom stereocenters. The lowest BCUT2D eigenvalue weighted by atomic mass is 9.70. The number of aromatic nitrogens is 1. The molecule has 0 saturated heterocycles. The van der Waals surface area contributed by atoms with Gasteiger partial charge in [-0.2, -0.15) is 0 Å². The first-order valence-electron chi connectivity index (χ1n) is 11.6. The molecule has 34 heavy (non-hydrogen) atoms. The minimum atomic E-state index is -0.558. The number of hydrogen-bond acceptors (Lipinski definition) is 2. The highest BCUT2D eigenvalue weighted by Gasteiger charge is 2.43. The van der Waals surface area contributed by atoms with Crippen molar-refractivity contribution in [2.75, 3.05) is 0 Å². The van der Waals surface area contributed by atoms with Gasteiger partial charge in [-0.3, -0.25) is 4.98 Å². The van der Waals surface area contributed by atoms with Gasteiger partial charge in [0.2, 0.25) is 0 Å². The van der Waals surface area contributed by atoms with Crippen molar-refractivity contribution >= 4 is 22.2 Å². The van der Waals surface area contributed by atoms with Gasteiger partial charge >= 0.3 is 0 Å². The van der Waals surface area contributed by atoms with E-state index in [0.29, 0.717) is 0 Å². The molecular weight excluding hydrogens is 412 g/mol. The van der Waals surface area contributed by atoms with Crippen LogP contribution in [0.1, 0.15) is 27.9 Å². The number of fused-ring (bicyclic) bond motifs is 1. The number of aryl methyl sites for hydroxylation is 1. The van der Waals surface area contributed by atoms with E-state index in [9.17, 15) is 0 Å². The number of nitrogens with zero attached hydrogens (tertiary/aromatic N) is 2. The summed E-state index contributed by atoms with van der Waals surface area (Å²) in [6.07, 6.45) is 4.21. The molecule has 0 saturated carbocycles. The maximum absolute atomic E-state index is 5.32. The van der Waals surface area contributed by atoms with Crippen molar-refractivity contribution in [1.82, 2.24) is 4.98 Å². The zero-order valence-corrected chi connectivity index (χ0v) is 19.0. The maximum Gasteiger partial charge on any atom is 0.0939 e. The summed E-state index contributed by atoms with van der Waals surface area (Å²) in [5, 5.41) is 2.27. The van der Waals surface area contributed by atoms with E-state index in [0.717, 1.165) is 33.4 Å². The largest absolute Gasteiger partial charge is 0.254 e. The molecule has 0 N–H and O–H groups in total. The van der Waals surface area contributed by atoms with Gasteiger partial charge in [0.05, 0.1) is 22.5 Å². The normalized spacial score (nSPS) is 17.4. The summed E-state index contributed by atoms with van der Waals surface area (Å²) < 4.78 is 0. The Kier molecular flexibility index (Phi) is 4.92. The van der Waals surface area contributed by atoms with Gasteiger partial charge in [0.1, 0.15) is 0 Å². The summed E-state index contributed by atoms with van der Waals surface area (Å²) >= 11 is 0. The van der Waals surface area contributed by atoms with Crippen LogP contribution in [0.15, 0.2) is 133 Å². The monoisotopic (exact) mass is 436 g/mol. The van der Waals surface area contributed by atoms with Gasteiger partial charge in [0.25, 0.3) is 0 Å². The van der Waals surface area contributed by atoms with Crippen LogP contribution in [0.4, 0.5) is 0 Å². The first-order valence-corrected chi connectivity index (χ1v) is 11.6. The molecule has 0 amide bonds. The molecule has 162 valence electrons. The van der Waals surface area contributed by atoms with Crippen LogP contribution in [0.2, 0.25) is 0 Å². The van der Waals surface area contributed by atoms with E-state index in [1.165, 1.54) is 16.7 Å². The van der Waals surface area contributed by atoms with E-state index in [1.54, 1.807) is 0 Å². The van der Waals surface area contributed by atoms with E-state index in [2.05, 4.69) is 122 Å². The van der Waals surface area contributed by atoms with Crippen LogP contribution in [-0.4, -0.2) is 10.7 Å². The Morgan fingerprint density at radius 2 is 1.26 bits per heavy atom. The molecule has 1 atom stereocenters. The van der Waals surface area contributed by atoms with Crippen molar-refractivity contribution in [1.29, 1.82) is 0 Å². The maximum atomic E-state index is 5.32. The number of hydrogen-bond donors (Lipinski definition) is 0. The lowest BCUT2D eigenvalue weighted by molar-refractivity contribution is 0.880. The molecule has 1 aromatic heterocycles. The molecule has 4 aromatic carbocycles. The third kappa shape index (κ3) is 3.27. The van der Waals surface area contributed by atoms with Gasteiger partial charge in [-0.1, -0.05) is 115 Å². The molecule has 0 radical (unpaired) electrons. The van der Waals surface area contributed by atoms with Crippen molar-refractivity contribution in [2.45, 2.75) is 12.3 Å². The molecule has 1 aliphatic heterocycles. The lowest BCUT2D eigenvalue weighted by Crippen LogP contribution is -2.34. The summed E-state index contributed by atoms with van der Waals surface area (Å²) in [5.74, 6) is 0. The first kappa shape index (κ1) is 20.3. The third-order valence-electron chi connectivity index (χ3n) is 6.66. The van der Waals surface area contributed by atoms with Crippen LogP contribution in [0, 0.1) is 6.92 Å². The number of pyridine rings is 1. The van der Waals surface area contributed by atoms with Gasteiger partial charge in [0.15, 0.2) is 0 Å². The van der Waals surface area contributed by atoms with E-state index >= 15 is 0 Å². The number of aliphatic imine (C=N–C) groups is 1. The van der Waals surface area contributed by atoms with Crippen molar-refractivity contribution in [3.05, 3.63) is 155 Å². The minimum absolute atomic E-state index is 0.558. The van der Waals surface area contributed by atoms with Gasteiger partial charge in [0, 0.05) is 11.6 Å². The van der Waals surface area contributed by atoms with E-state index < -0.39 is 5.41 Å². The summed E-state index contributed by atoms with van der Waals surface area (Å²) in [5.41, 5.74) is 6.99. The highest BCUT2D eigenvalue weighted by atomic mass is 14.9. The number of benzene rings is 4. The van der Waals surface area contributed by atoms with Crippen LogP contribution in [0.5, 0.6) is 0 Å². The molecule has 6 rings (SSSR count). The number of allylic oxidation sites excluding steroid dienone is 1. The van der Waals surface area contributed by atoms with Crippen molar-refractivity contribution < 1.29 is 0 Å². The Morgan fingerprint density at radius 1 is 0.618 bits per heavy atom. The smallest absolute Gasteiger partial charge is 0.0939 e. The van der Waals surface area contributed by atoms with E-state index in [1.807, 2.05) is 12.3 Å². The third-order valence-corrected chi connectivity index (χ3v) is 6.66. The van der Waals surface area contributed by atoms with Crippen molar-refractivity contribution in [3.8, 4) is 0 Å². The topological polar surface area (TPSA) is 25.2 Å². The summed E-state index contributed by atoms with van der Waals surface area (Å²) in [6.45, 7) is 2.13. The second-order valence-corrected chi connectivity index (χ2v) is 8.78. The van der Waals surface area contributed by atoms with E-state index in [-0.39, 0.29) is 0 Å². The molecule has 5 aromatic rings. The average Bonchev–Trinajstić information content (AvgIpc) is 3.31. The molecule has 0 bridgehead atoms. The Labute approximate surface area is 200 Å². The van der Waals surface area contributed by atoms with Crippen molar-refractivity contribution in [2.24, 2.45) is 4.99 Å². The van der Waals surface area contributed by atoms with Crippen LogP contribution in [-0.2, 0) is 5.41 Å².